The Morgan fingerprint density at radius 3 is 2.56 bits per heavy atom. The minimum Gasteiger partial charge on any atom is -0.507 e. The number of amides is 1. The van der Waals surface area contributed by atoms with Crippen molar-refractivity contribution in [3.63, 3.8) is 0 Å². The highest BCUT2D eigenvalue weighted by Gasteiger charge is 2.45. The molecule has 252 valence electrons. The predicted molar refractivity (Wildman–Crippen MR) is 173 cm³/mol. The number of unbranched alkanes of at least 4 members (excludes halogenated alkanes) is 1. The molecule has 0 fully saturated rings. The van der Waals surface area contributed by atoms with Crippen molar-refractivity contribution in [1.29, 1.82) is 0 Å². The van der Waals surface area contributed by atoms with E-state index in [1.54, 1.807) is 13.2 Å². The van der Waals surface area contributed by atoms with Gasteiger partial charge in [-0.2, -0.15) is 0 Å². The van der Waals surface area contributed by atoms with Gasteiger partial charge in [-0.3, -0.25) is 14.4 Å². The zero-order valence-electron chi connectivity index (χ0n) is 26.3. The maximum absolute atomic E-state index is 13.4. The first-order chi connectivity index (χ1) is 21.6. The second kappa shape index (κ2) is 17.4. The van der Waals surface area contributed by atoms with Crippen LogP contribution in [0.3, 0.4) is 0 Å². The number of ether oxygens (including phenoxy) is 2. The number of carbonyl (C=O) groups is 3. The Morgan fingerprint density at radius 1 is 1.13 bits per heavy atom. The van der Waals surface area contributed by atoms with Crippen LogP contribution < -0.4 is 15.8 Å². The Labute approximate surface area is 267 Å². The van der Waals surface area contributed by atoms with Crippen molar-refractivity contribution in [3.05, 3.63) is 47.0 Å². The summed E-state index contributed by atoms with van der Waals surface area (Å²) in [4.78, 5) is 37.6. The maximum atomic E-state index is 13.4. The van der Waals surface area contributed by atoms with E-state index in [0.717, 1.165) is 43.5 Å². The number of carbonyl (C=O) groups excluding carboxylic acids is 3. The summed E-state index contributed by atoms with van der Waals surface area (Å²) in [6, 6.07) is 9.07. The van der Waals surface area contributed by atoms with Crippen LogP contribution in [-0.2, 0) is 27.3 Å². The number of methoxy groups -OCH3 is 1. The van der Waals surface area contributed by atoms with Crippen LogP contribution in [0.5, 0.6) is 11.5 Å². The summed E-state index contributed by atoms with van der Waals surface area (Å²) < 4.78 is 11.3. The molecule has 2 aromatic rings. The number of aliphatic hydroxyl groups is 3. The summed E-state index contributed by atoms with van der Waals surface area (Å²) in [7, 11) is 1.56. The number of rotatable bonds is 20. The molecule has 0 aliphatic heterocycles. The van der Waals surface area contributed by atoms with Gasteiger partial charge >= 0.3 is 0 Å². The van der Waals surface area contributed by atoms with Gasteiger partial charge in [0.25, 0.3) is 0 Å². The number of nitrogens with one attached hydrogen (secondary N) is 1. The second-order valence-corrected chi connectivity index (χ2v) is 11.8. The van der Waals surface area contributed by atoms with E-state index in [1.807, 2.05) is 18.2 Å². The Bertz CT molecular complexity index is 1330. The van der Waals surface area contributed by atoms with Crippen molar-refractivity contribution in [2.75, 3.05) is 40.1 Å². The lowest BCUT2D eigenvalue weighted by molar-refractivity contribution is -0.153. The molecule has 0 heterocycles. The van der Waals surface area contributed by atoms with E-state index >= 15 is 0 Å². The van der Waals surface area contributed by atoms with Gasteiger partial charge in [-0.1, -0.05) is 25.5 Å². The fraction of sp³-hybridized carbons (Fsp3) is 0.559. The SMILES string of the molecule is CCCCOCCCNCc1ccc(OC)c(-c2ccc(O)c3c2CC(CC(CCO)[C@](O)(CO)C(=O)CC(N)=O)CC3=O)c1.[HH].[HH]. The molecule has 45 heavy (non-hydrogen) atoms. The quantitative estimate of drug-likeness (QED) is 0.0935. The number of phenolic OH excluding ortho intramolecular Hbond substituents is 1. The van der Waals surface area contributed by atoms with E-state index in [1.165, 1.54) is 6.07 Å². The second-order valence-electron chi connectivity index (χ2n) is 11.8. The van der Waals surface area contributed by atoms with Gasteiger partial charge in [0.2, 0.25) is 5.91 Å². The number of ketones is 2. The van der Waals surface area contributed by atoms with Crippen molar-refractivity contribution < 1.29 is 47.1 Å². The highest BCUT2D eigenvalue weighted by molar-refractivity contribution is 6.03. The number of Topliss-reactive ketones (excluding diaryl/α,β-unsaturated/α-hetero) is 2. The third-order valence-corrected chi connectivity index (χ3v) is 8.53. The summed E-state index contributed by atoms with van der Waals surface area (Å²) in [6.45, 7) is 3.65. The summed E-state index contributed by atoms with van der Waals surface area (Å²) in [6.07, 6.45) is 2.70. The average Bonchev–Trinajstić information content (AvgIpc) is 3.01. The molecule has 0 spiro atoms. The number of hydrogen-bond acceptors (Lipinski definition) is 10. The zero-order valence-corrected chi connectivity index (χ0v) is 26.3. The van der Waals surface area contributed by atoms with Gasteiger partial charge in [-0.15, -0.1) is 0 Å². The lowest BCUT2D eigenvalue weighted by atomic mass is 9.71. The van der Waals surface area contributed by atoms with E-state index in [-0.39, 0.29) is 45.8 Å². The topological polar surface area (TPSA) is 189 Å². The largest absolute Gasteiger partial charge is 0.507 e. The van der Waals surface area contributed by atoms with E-state index in [9.17, 15) is 34.8 Å². The Hall–Kier alpha value is -3.35. The van der Waals surface area contributed by atoms with Crippen molar-refractivity contribution in [2.45, 2.75) is 70.4 Å². The smallest absolute Gasteiger partial charge is 0.224 e. The molecule has 1 aliphatic rings. The van der Waals surface area contributed by atoms with E-state index < -0.39 is 42.2 Å². The third-order valence-electron chi connectivity index (χ3n) is 8.53. The summed E-state index contributed by atoms with van der Waals surface area (Å²) in [5.41, 5.74) is 6.15. The molecule has 2 unspecified atom stereocenters. The molecular formula is C34H52N2O9. The van der Waals surface area contributed by atoms with Gasteiger partial charge in [0.05, 0.1) is 25.7 Å². The van der Waals surface area contributed by atoms with Crippen LogP contribution in [0, 0.1) is 11.8 Å². The van der Waals surface area contributed by atoms with Crippen LogP contribution in [0.25, 0.3) is 11.1 Å². The van der Waals surface area contributed by atoms with Gasteiger partial charge in [-0.25, -0.2) is 0 Å². The number of aliphatic hydroxyl groups excluding tert-OH is 2. The standard InChI is InChI=1S/C34H48N2O9.2H2/c1-3-4-13-45-14-5-11-36-20-22-6-9-30(44-2)26(16-22)25-7-8-28(39)33-27(25)17-23(18-29(33)40)15-24(10-12-37)34(43,21-38)31(41)19-32(35)42;;/h6-9,16,23-24,36-39,43H,3-5,10-15,17-21H2,1-2H3,(H2,35,42);2*1H/t23?,24?,34-;;/m1../s1. The first-order valence-corrected chi connectivity index (χ1v) is 15.7. The van der Waals surface area contributed by atoms with Gasteiger partial charge in [-0.05, 0) is 85.4 Å². The number of aromatic hydroxyl groups is 1. The molecule has 0 radical (unpaired) electrons. The molecule has 11 heteroatoms. The average molecular weight is 633 g/mol. The fourth-order valence-corrected chi connectivity index (χ4v) is 6.12. The number of hydrogen-bond donors (Lipinski definition) is 6. The highest BCUT2D eigenvalue weighted by atomic mass is 16.5. The molecule has 0 aromatic heterocycles. The van der Waals surface area contributed by atoms with Crippen molar-refractivity contribution in [3.8, 4) is 22.6 Å². The fourth-order valence-electron chi connectivity index (χ4n) is 6.12. The maximum Gasteiger partial charge on any atom is 0.224 e. The number of benzene rings is 2. The van der Waals surface area contributed by atoms with Crippen molar-refractivity contribution in [2.24, 2.45) is 17.6 Å². The first kappa shape index (κ1) is 36.1. The Morgan fingerprint density at radius 2 is 1.89 bits per heavy atom. The highest BCUT2D eigenvalue weighted by Crippen LogP contribution is 2.43. The van der Waals surface area contributed by atoms with Gasteiger partial charge in [0.15, 0.2) is 11.6 Å². The molecular weight excluding hydrogens is 580 g/mol. The molecule has 1 amide bonds. The number of phenols is 1. The molecule has 11 nitrogen and oxygen atoms in total. The molecule has 0 bridgehead atoms. The summed E-state index contributed by atoms with van der Waals surface area (Å²) in [5.74, 6) is -3.05. The van der Waals surface area contributed by atoms with E-state index in [0.29, 0.717) is 36.4 Å². The summed E-state index contributed by atoms with van der Waals surface area (Å²) >= 11 is 0. The Balaban J connectivity index is 0.00000552. The van der Waals surface area contributed by atoms with Gasteiger partial charge < -0.3 is 41.0 Å². The number of fused-ring (bicyclic) bond motifs is 1. The third kappa shape index (κ3) is 9.34. The first-order valence-electron chi connectivity index (χ1n) is 15.7. The van der Waals surface area contributed by atoms with Gasteiger partial charge in [0, 0.05) is 41.2 Å². The molecule has 3 rings (SSSR count). The molecule has 1 aliphatic carbocycles. The van der Waals surface area contributed by atoms with Crippen LogP contribution >= 0.6 is 0 Å². The van der Waals surface area contributed by atoms with Crippen LogP contribution in [0.15, 0.2) is 30.3 Å². The number of primary amides is 1. The summed E-state index contributed by atoms with van der Waals surface area (Å²) in [5, 5.41) is 45.1. The lowest BCUT2D eigenvalue weighted by Gasteiger charge is -2.36. The molecule has 0 saturated heterocycles. The van der Waals surface area contributed by atoms with Crippen LogP contribution in [0.2, 0.25) is 0 Å². The molecule has 2 aromatic carbocycles. The van der Waals surface area contributed by atoms with Crippen molar-refractivity contribution in [1.82, 2.24) is 5.32 Å². The minimum atomic E-state index is -2.31. The predicted octanol–water partition coefficient (Wildman–Crippen LogP) is 3.16. The minimum absolute atomic E-state index is 0. The van der Waals surface area contributed by atoms with Crippen molar-refractivity contribution >= 4 is 17.5 Å². The number of nitrogens with two attached hydrogens (primary N) is 1. The van der Waals surface area contributed by atoms with E-state index in [2.05, 4.69) is 12.2 Å². The molecule has 3 atom stereocenters. The van der Waals surface area contributed by atoms with Crippen LogP contribution in [-0.4, -0.2) is 83.6 Å². The Kier molecular flexibility index (Phi) is 13.9. The zero-order chi connectivity index (χ0) is 33.0. The van der Waals surface area contributed by atoms with Crippen LogP contribution in [0.1, 0.15) is 76.2 Å². The normalized spacial score (nSPS) is 16.6. The van der Waals surface area contributed by atoms with Crippen LogP contribution in [0.4, 0.5) is 0 Å². The molecule has 7 N–H and O–H groups in total. The monoisotopic (exact) mass is 632 g/mol. The van der Waals surface area contributed by atoms with Gasteiger partial charge in [0.1, 0.15) is 17.1 Å². The van der Waals surface area contributed by atoms with E-state index in [4.69, 9.17) is 15.2 Å². The lowest BCUT2D eigenvalue weighted by Crippen LogP contribution is -2.51. The molecule has 0 saturated carbocycles.